The molecule has 1 aliphatic heterocycles. The largest absolute Gasteiger partial charge is 0.491 e. The van der Waals surface area contributed by atoms with Gasteiger partial charge in [0.2, 0.25) is 5.13 Å². The van der Waals surface area contributed by atoms with Crippen molar-refractivity contribution in [3.8, 4) is 22.2 Å². The molecule has 1 amide bonds. The molecule has 1 aromatic carbocycles. The van der Waals surface area contributed by atoms with Gasteiger partial charge in [-0.2, -0.15) is 0 Å². The molecule has 1 saturated heterocycles. The first-order valence-electron chi connectivity index (χ1n) is 12.1. The molecule has 0 spiro atoms. The van der Waals surface area contributed by atoms with Crippen LogP contribution in [0.4, 0.5) is 5.13 Å². The number of methoxy groups -OCH3 is 2. The average molecular weight is 536 g/mol. The number of anilines is 1. The molecule has 10 nitrogen and oxygen atoms in total. The lowest BCUT2D eigenvalue weighted by Gasteiger charge is -2.20. The summed E-state index contributed by atoms with van der Waals surface area (Å²) >= 11 is 1.27. The number of rotatable bonds is 8. The summed E-state index contributed by atoms with van der Waals surface area (Å²) < 4.78 is 21.2. The number of nitrogens with zero attached hydrogens (tertiary/aromatic N) is 4. The van der Waals surface area contributed by atoms with E-state index in [-0.39, 0.29) is 12.2 Å². The molecule has 1 fully saturated rings. The lowest BCUT2D eigenvalue weighted by Crippen LogP contribution is -2.20. The molecule has 3 aromatic heterocycles. The number of carbonyl (C=O) groups is 1. The molecule has 1 N–H and O–H groups in total. The minimum Gasteiger partial charge on any atom is -0.491 e. The predicted molar refractivity (Wildman–Crippen MR) is 143 cm³/mol. The van der Waals surface area contributed by atoms with E-state index in [1.54, 1.807) is 25.6 Å². The molecular weight excluding hydrogens is 506 g/mol. The van der Waals surface area contributed by atoms with Gasteiger partial charge in [0.15, 0.2) is 12.0 Å². The lowest BCUT2D eigenvalue weighted by molar-refractivity contribution is -0.145. The van der Waals surface area contributed by atoms with E-state index >= 15 is 0 Å². The first kappa shape index (κ1) is 27.1. The summed E-state index contributed by atoms with van der Waals surface area (Å²) in [6, 6.07) is 15.0. The maximum absolute atomic E-state index is 12.6. The normalized spacial score (nSPS) is 14.6. The van der Waals surface area contributed by atoms with Crippen molar-refractivity contribution in [1.29, 1.82) is 0 Å². The van der Waals surface area contributed by atoms with Crippen molar-refractivity contribution in [3.05, 3.63) is 78.2 Å². The highest BCUT2D eigenvalue weighted by Gasteiger charge is 2.15. The maximum Gasteiger partial charge on any atom is 0.259 e. The topological polar surface area (TPSA) is 118 Å². The van der Waals surface area contributed by atoms with E-state index in [9.17, 15) is 4.79 Å². The quantitative estimate of drug-likeness (QED) is 0.333. The second-order valence-electron chi connectivity index (χ2n) is 8.14. The number of benzene rings is 1. The van der Waals surface area contributed by atoms with Crippen LogP contribution in [0.5, 0.6) is 11.6 Å². The number of nitrogens with one attached hydrogen (secondary N) is 1. The molecule has 11 heteroatoms. The van der Waals surface area contributed by atoms with Crippen LogP contribution in [0.1, 0.15) is 35.2 Å². The third kappa shape index (κ3) is 7.78. The summed E-state index contributed by atoms with van der Waals surface area (Å²) in [5.41, 5.74) is 2.20. The van der Waals surface area contributed by atoms with Crippen LogP contribution in [-0.4, -0.2) is 53.2 Å². The molecule has 0 saturated carbocycles. The van der Waals surface area contributed by atoms with E-state index in [2.05, 4.69) is 25.5 Å². The smallest absolute Gasteiger partial charge is 0.259 e. The molecule has 0 bridgehead atoms. The van der Waals surface area contributed by atoms with Gasteiger partial charge in [-0.15, -0.1) is 10.2 Å². The zero-order chi connectivity index (χ0) is 26.6. The highest BCUT2D eigenvalue weighted by Crippen LogP contribution is 2.28. The standard InChI is InChI=1S/C21H17N5O3S.C6H12O2/c1-28-17-11-16(12-23-19(17)29-13-14-5-3-2-4-6-14)18(27)24-21-26-25-20(30-21)15-7-9-22-10-8-15;1-7-6-4-2-3-5-8-6/h2-12H,13H2,1H3,(H,24,26,27);6H,2-5H2,1H3. The van der Waals surface area contributed by atoms with Crippen LogP contribution in [0, 0.1) is 0 Å². The Morgan fingerprint density at radius 2 is 1.92 bits per heavy atom. The van der Waals surface area contributed by atoms with E-state index in [1.807, 2.05) is 42.5 Å². The lowest BCUT2D eigenvalue weighted by atomic mass is 10.2. The molecule has 38 heavy (non-hydrogen) atoms. The van der Waals surface area contributed by atoms with Gasteiger partial charge in [0, 0.05) is 43.9 Å². The summed E-state index contributed by atoms with van der Waals surface area (Å²) in [6.45, 7) is 1.22. The van der Waals surface area contributed by atoms with Gasteiger partial charge in [0.05, 0.1) is 12.7 Å². The molecule has 5 rings (SSSR count). The summed E-state index contributed by atoms with van der Waals surface area (Å²) in [5, 5.41) is 11.9. The minimum atomic E-state index is -0.368. The van der Waals surface area contributed by atoms with Gasteiger partial charge >= 0.3 is 0 Å². The Bertz CT molecular complexity index is 1280. The van der Waals surface area contributed by atoms with Crippen molar-refractivity contribution in [2.45, 2.75) is 32.2 Å². The van der Waals surface area contributed by atoms with Gasteiger partial charge in [-0.05, 0) is 37.0 Å². The Morgan fingerprint density at radius 3 is 2.61 bits per heavy atom. The number of carbonyl (C=O) groups excluding carboxylic acids is 1. The number of amides is 1. The summed E-state index contributed by atoms with van der Waals surface area (Å²) in [7, 11) is 3.19. The molecular formula is C27H29N5O5S. The number of hydrogen-bond acceptors (Lipinski definition) is 10. The SMILES string of the molecule is COC1CCCCO1.COc1cc(C(=O)Nc2nnc(-c3ccncc3)s2)cnc1OCc1ccccc1. The van der Waals surface area contributed by atoms with E-state index in [4.69, 9.17) is 18.9 Å². The van der Waals surface area contributed by atoms with Crippen molar-refractivity contribution >= 4 is 22.4 Å². The monoisotopic (exact) mass is 535 g/mol. The summed E-state index contributed by atoms with van der Waals surface area (Å²) in [4.78, 5) is 20.8. The Balaban J connectivity index is 0.000000360. The molecule has 1 unspecified atom stereocenters. The molecule has 0 aliphatic carbocycles. The third-order valence-corrected chi connectivity index (χ3v) is 6.38. The second-order valence-corrected chi connectivity index (χ2v) is 9.12. The van der Waals surface area contributed by atoms with Crippen molar-refractivity contribution in [3.63, 3.8) is 0 Å². The van der Waals surface area contributed by atoms with Crippen LogP contribution in [0.15, 0.2) is 67.1 Å². The first-order valence-corrected chi connectivity index (χ1v) is 12.9. The third-order valence-electron chi connectivity index (χ3n) is 5.49. The summed E-state index contributed by atoms with van der Waals surface area (Å²) in [5.74, 6) is 0.315. The minimum absolute atomic E-state index is 0.0868. The van der Waals surface area contributed by atoms with Crippen molar-refractivity contribution in [2.75, 3.05) is 26.1 Å². The van der Waals surface area contributed by atoms with Gasteiger partial charge in [-0.3, -0.25) is 15.1 Å². The predicted octanol–water partition coefficient (Wildman–Crippen LogP) is 4.99. The van der Waals surface area contributed by atoms with Crippen LogP contribution in [-0.2, 0) is 16.1 Å². The molecule has 4 aromatic rings. The molecule has 198 valence electrons. The molecule has 0 radical (unpaired) electrons. The Labute approximate surface area is 225 Å². The zero-order valence-corrected chi connectivity index (χ0v) is 22.0. The molecule has 1 atom stereocenters. The maximum atomic E-state index is 12.6. The van der Waals surface area contributed by atoms with Gasteiger partial charge < -0.3 is 18.9 Å². The second kappa shape index (κ2) is 14.1. The van der Waals surface area contributed by atoms with Crippen LogP contribution in [0.2, 0.25) is 0 Å². The van der Waals surface area contributed by atoms with E-state index in [0.29, 0.717) is 33.9 Å². The number of hydrogen-bond donors (Lipinski definition) is 1. The van der Waals surface area contributed by atoms with Crippen LogP contribution >= 0.6 is 11.3 Å². The number of ether oxygens (including phenoxy) is 4. The highest BCUT2D eigenvalue weighted by atomic mass is 32.1. The van der Waals surface area contributed by atoms with Crippen LogP contribution in [0.3, 0.4) is 0 Å². The van der Waals surface area contributed by atoms with E-state index in [0.717, 1.165) is 24.2 Å². The Morgan fingerprint density at radius 1 is 1.11 bits per heavy atom. The van der Waals surface area contributed by atoms with E-state index in [1.165, 1.54) is 37.5 Å². The fourth-order valence-corrected chi connectivity index (χ4v) is 4.23. The van der Waals surface area contributed by atoms with Crippen molar-refractivity contribution < 1.29 is 23.7 Å². The fraction of sp³-hybridized carbons (Fsp3) is 0.296. The molecule has 1 aliphatic rings. The fourth-order valence-electron chi connectivity index (χ4n) is 3.49. The van der Waals surface area contributed by atoms with Crippen molar-refractivity contribution in [1.82, 2.24) is 20.2 Å². The average Bonchev–Trinajstić information content (AvgIpc) is 3.46. The highest BCUT2D eigenvalue weighted by molar-refractivity contribution is 7.18. The first-order chi connectivity index (χ1) is 18.7. The molecule has 4 heterocycles. The van der Waals surface area contributed by atoms with Gasteiger partial charge in [0.25, 0.3) is 11.8 Å². The van der Waals surface area contributed by atoms with Gasteiger partial charge in [-0.25, -0.2) is 4.98 Å². The Hall–Kier alpha value is -3.93. The van der Waals surface area contributed by atoms with Gasteiger partial charge in [0.1, 0.15) is 11.6 Å². The Kier molecular flexibility index (Phi) is 10.1. The van der Waals surface area contributed by atoms with E-state index < -0.39 is 0 Å². The van der Waals surface area contributed by atoms with Crippen molar-refractivity contribution in [2.24, 2.45) is 0 Å². The van der Waals surface area contributed by atoms with Crippen LogP contribution < -0.4 is 14.8 Å². The summed E-state index contributed by atoms with van der Waals surface area (Å²) in [6.07, 6.45) is 8.38. The number of pyridine rings is 2. The number of aromatic nitrogens is 4. The van der Waals surface area contributed by atoms with Gasteiger partial charge in [-0.1, -0.05) is 41.7 Å². The van der Waals surface area contributed by atoms with Crippen LogP contribution in [0.25, 0.3) is 10.6 Å². The zero-order valence-electron chi connectivity index (χ0n) is 21.2.